The summed E-state index contributed by atoms with van der Waals surface area (Å²) in [6.07, 6.45) is 0.300. The summed E-state index contributed by atoms with van der Waals surface area (Å²) in [5, 5.41) is 3.93. The topological polar surface area (TPSA) is 94.3 Å². The predicted octanol–water partition coefficient (Wildman–Crippen LogP) is 2.57. The predicted molar refractivity (Wildman–Crippen MR) is 96.4 cm³/mol. The van der Waals surface area contributed by atoms with E-state index in [-0.39, 0.29) is 11.4 Å². The second kappa shape index (κ2) is 7.67. The lowest BCUT2D eigenvalue weighted by Crippen LogP contribution is -2.26. The fourth-order valence-electron chi connectivity index (χ4n) is 2.31. The Hall–Kier alpha value is -2.71. The van der Waals surface area contributed by atoms with Crippen molar-refractivity contribution in [3.8, 4) is 17.1 Å². The molecule has 0 radical (unpaired) electrons. The monoisotopic (exact) mass is 373 g/mol. The molecule has 1 heterocycles. The van der Waals surface area contributed by atoms with E-state index in [1.165, 1.54) is 19.2 Å². The number of aryl methyl sites for hydroxylation is 1. The van der Waals surface area contributed by atoms with Crippen LogP contribution < -0.4 is 9.46 Å². The third kappa shape index (κ3) is 4.27. The smallest absolute Gasteiger partial charge is 0.240 e. The van der Waals surface area contributed by atoms with Crippen LogP contribution in [0.25, 0.3) is 11.4 Å². The van der Waals surface area contributed by atoms with Crippen LogP contribution >= 0.6 is 0 Å². The molecule has 0 saturated heterocycles. The quantitative estimate of drug-likeness (QED) is 0.684. The molecule has 136 valence electrons. The number of hydrogen-bond acceptors (Lipinski definition) is 6. The number of methoxy groups -OCH3 is 1. The van der Waals surface area contributed by atoms with Gasteiger partial charge in [-0.2, -0.15) is 4.98 Å². The lowest BCUT2D eigenvalue weighted by Gasteiger charge is -2.06. The summed E-state index contributed by atoms with van der Waals surface area (Å²) in [4.78, 5) is 4.47. The minimum absolute atomic E-state index is 0.157. The molecule has 2 aromatic carbocycles. The number of benzene rings is 2. The Kier molecular flexibility index (Phi) is 5.34. The first-order valence-corrected chi connectivity index (χ1v) is 9.49. The van der Waals surface area contributed by atoms with Crippen molar-refractivity contribution in [1.29, 1.82) is 0 Å². The van der Waals surface area contributed by atoms with Gasteiger partial charge in [0.05, 0.1) is 12.0 Å². The van der Waals surface area contributed by atoms with Crippen LogP contribution in [0.1, 0.15) is 11.5 Å². The van der Waals surface area contributed by atoms with E-state index in [1.54, 1.807) is 12.1 Å². The number of ether oxygens (including phenoxy) is 1. The molecular weight excluding hydrogens is 354 g/mol. The number of nitrogens with one attached hydrogen (secondary N) is 1. The summed E-state index contributed by atoms with van der Waals surface area (Å²) in [5.41, 5.74) is 2.00. The third-order valence-electron chi connectivity index (χ3n) is 3.78. The highest BCUT2D eigenvalue weighted by atomic mass is 32.2. The summed E-state index contributed by atoms with van der Waals surface area (Å²) in [6, 6.07) is 13.9. The van der Waals surface area contributed by atoms with Gasteiger partial charge in [-0.25, -0.2) is 13.1 Å². The first-order valence-electron chi connectivity index (χ1n) is 8.01. The van der Waals surface area contributed by atoms with Gasteiger partial charge in [0.2, 0.25) is 21.7 Å². The molecule has 26 heavy (non-hydrogen) atoms. The number of nitrogens with zero attached hydrogens (tertiary/aromatic N) is 2. The van der Waals surface area contributed by atoms with Crippen molar-refractivity contribution in [1.82, 2.24) is 14.9 Å². The Balaban J connectivity index is 1.60. The molecule has 8 heteroatoms. The standard InChI is InChI=1S/C18H19N3O4S/c1-13-3-5-14(6-4-13)18-20-17(25-21-18)11-12-19-26(22,23)16-9-7-15(24-2)8-10-16/h3-10,19H,11-12H2,1-2H3. The van der Waals surface area contributed by atoms with Gasteiger partial charge in [0.1, 0.15) is 5.75 Å². The Morgan fingerprint density at radius 3 is 2.42 bits per heavy atom. The zero-order valence-corrected chi connectivity index (χ0v) is 15.3. The average molecular weight is 373 g/mol. The molecule has 0 aliphatic carbocycles. The molecule has 0 fully saturated rings. The lowest BCUT2D eigenvalue weighted by atomic mass is 10.1. The maximum atomic E-state index is 12.3. The van der Waals surface area contributed by atoms with E-state index in [4.69, 9.17) is 9.26 Å². The van der Waals surface area contributed by atoms with Crippen LogP contribution in [-0.4, -0.2) is 32.2 Å². The molecule has 0 aliphatic heterocycles. The molecule has 0 amide bonds. The van der Waals surface area contributed by atoms with Gasteiger partial charge in [0, 0.05) is 18.5 Å². The molecule has 0 saturated carbocycles. The number of sulfonamides is 1. The normalized spacial score (nSPS) is 11.5. The van der Waals surface area contributed by atoms with Crippen molar-refractivity contribution in [3.05, 3.63) is 60.0 Å². The maximum absolute atomic E-state index is 12.3. The van der Waals surface area contributed by atoms with Gasteiger partial charge in [0.15, 0.2) is 0 Å². The Bertz CT molecular complexity index is 964. The molecule has 1 aromatic heterocycles. The minimum atomic E-state index is -3.60. The fourth-order valence-corrected chi connectivity index (χ4v) is 3.34. The lowest BCUT2D eigenvalue weighted by molar-refractivity contribution is 0.379. The number of rotatable bonds is 7. The molecule has 0 unspecified atom stereocenters. The summed E-state index contributed by atoms with van der Waals surface area (Å²) in [7, 11) is -2.08. The third-order valence-corrected chi connectivity index (χ3v) is 5.26. The van der Waals surface area contributed by atoms with Gasteiger partial charge < -0.3 is 9.26 Å². The zero-order valence-electron chi connectivity index (χ0n) is 14.5. The van der Waals surface area contributed by atoms with Crippen LogP contribution in [0.15, 0.2) is 57.9 Å². The van der Waals surface area contributed by atoms with Gasteiger partial charge in [-0.3, -0.25) is 0 Å². The highest BCUT2D eigenvalue weighted by molar-refractivity contribution is 7.89. The van der Waals surface area contributed by atoms with E-state index in [2.05, 4.69) is 14.9 Å². The summed E-state index contributed by atoms with van der Waals surface area (Å²) in [5.74, 6) is 1.45. The fraction of sp³-hybridized carbons (Fsp3) is 0.222. The Labute approximate surface area is 152 Å². The van der Waals surface area contributed by atoms with Crippen LogP contribution in [0.2, 0.25) is 0 Å². The summed E-state index contributed by atoms with van der Waals surface area (Å²) < 4.78 is 37.3. The van der Waals surface area contributed by atoms with Crippen molar-refractivity contribution in [2.24, 2.45) is 0 Å². The van der Waals surface area contributed by atoms with Crippen LogP contribution in [0.3, 0.4) is 0 Å². The van der Waals surface area contributed by atoms with E-state index in [0.29, 0.717) is 23.9 Å². The van der Waals surface area contributed by atoms with Gasteiger partial charge in [-0.1, -0.05) is 35.0 Å². The van der Waals surface area contributed by atoms with Crippen molar-refractivity contribution < 1.29 is 17.7 Å². The first kappa shape index (κ1) is 18.1. The van der Waals surface area contributed by atoms with Crippen LogP contribution in [0.5, 0.6) is 5.75 Å². The van der Waals surface area contributed by atoms with E-state index >= 15 is 0 Å². The van der Waals surface area contributed by atoms with Crippen LogP contribution in [0.4, 0.5) is 0 Å². The number of aromatic nitrogens is 2. The maximum Gasteiger partial charge on any atom is 0.240 e. The largest absolute Gasteiger partial charge is 0.497 e. The van der Waals surface area contributed by atoms with E-state index in [0.717, 1.165) is 11.1 Å². The second-order valence-electron chi connectivity index (χ2n) is 5.70. The average Bonchev–Trinajstić information content (AvgIpc) is 3.11. The van der Waals surface area contributed by atoms with Gasteiger partial charge >= 0.3 is 0 Å². The molecule has 0 bridgehead atoms. The van der Waals surface area contributed by atoms with Gasteiger partial charge in [0.25, 0.3) is 0 Å². The van der Waals surface area contributed by atoms with Gasteiger partial charge in [-0.05, 0) is 31.2 Å². The molecule has 3 rings (SSSR count). The highest BCUT2D eigenvalue weighted by Crippen LogP contribution is 2.17. The van der Waals surface area contributed by atoms with Crippen molar-refractivity contribution >= 4 is 10.0 Å². The van der Waals surface area contributed by atoms with Crippen LogP contribution in [-0.2, 0) is 16.4 Å². The minimum Gasteiger partial charge on any atom is -0.497 e. The van der Waals surface area contributed by atoms with Crippen molar-refractivity contribution in [3.63, 3.8) is 0 Å². The van der Waals surface area contributed by atoms with Crippen LogP contribution in [0, 0.1) is 6.92 Å². The SMILES string of the molecule is COc1ccc(S(=O)(=O)NCCc2nc(-c3ccc(C)cc3)no2)cc1. The van der Waals surface area contributed by atoms with E-state index < -0.39 is 10.0 Å². The molecule has 0 spiro atoms. The second-order valence-corrected chi connectivity index (χ2v) is 7.47. The molecule has 0 aliphatic rings. The first-order chi connectivity index (χ1) is 12.5. The summed E-state index contributed by atoms with van der Waals surface area (Å²) >= 11 is 0. The molecule has 7 nitrogen and oxygen atoms in total. The molecular formula is C18H19N3O4S. The summed E-state index contributed by atoms with van der Waals surface area (Å²) in [6.45, 7) is 2.16. The van der Waals surface area contributed by atoms with Gasteiger partial charge in [-0.15, -0.1) is 0 Å². The Morgan fingerprint density at radius 2 is 1.77 bits per heavy atom. The van der Waals surface area contributed by atoms with Crippen molar-refractivity contribution in [2.45, 2.75) is 18.2 Å². The Morgan fingerprint density at radius 1 is 1.08 bits per heavy atom. The molecule has 3 aromatic rings. The molecule has 0 atom stereocenters. The van der Waals surface area contributed by atoms with Crippen molar-refractivity contribution in [2.75, 3.05) is 13.7 Å². The number of hydrogen-bond donors (Lipinski definition) is 1. The molecule has 1 N–H and O–H groups in total. The highest BCUT2D eigenvalue weighted by Gasteiger charge is 2.15. The zero-order chi connectivity index (χ0) is 18.6. The van der Waals surface area contributed by atoms with E-state index in [1.807, 2.05) is 31.2 Å². The van der Waals surface area contributed by atoms with E-state index in [9.17, 15) is 8.42 Å².